The van der Waals surface area contributed by atoms with Crippen molar-refractivity contribution in [2.24, 2.45) is 0 Å². The largest absolute Gasteiger partial charge is 0.508 e. The maximum atomic E-state index is 12.9. The Bertz CT molecular complexity index is 993. The first-order chi connectivity index (χ1) is 14.0. The van der Waals surface area contributed by atoms with Gasteiger partial charge >= 0.3 is 0 Å². The minimum absolute atomic E-state index is 0.0320. The number of aromatic amines is 1. The van der Waals surface area contributed by atoms with E-state index in [9.17, 15) is 14.7 Å². The van der Waals surface area contributed by atoms with Crippen molar-refractivity contribution in [2.75, 3.05) is 13.1 Å². The standard InChI is InChI=1S/C23H27N3O3/c27-17-7-2-15(3-8-17)4-9-19(28)26-13-1-11-23(14-26)12-10-18-20(23)24-21(16-5-6-16)25-22(18)29/h2-3,7-8,16,27H,1,4-6,9-14H2,(H,24,25,29). The molecule has 1 saturated carbocycles. The van der Waals surface area contributed by atoms with Gasteiger partial charge in [0.05, 0.1) is 5.69 Å². The molecule has 29 heavy (non-hydrogen) atoms. The van der Waals surface area contributed by atoms with Crippen molar-refractivity contribution in [3.8, 4) is 5.75 Å². The molecule has 6 heteroatoms. The van der Waals surface area contributed by atoms with E-state index in [1.807, 2.05) is 17.0 Å². The van der Waals surface area contributed by atoms with E-state index in [0.29, 0.717) is 25.3 Å². The third-order valence-electron chi connectivity index (χ3n) is 6.85. The summed E-state index contributed by atoms with van der Waals surface area (Å²) < 4.78 is 0. The van der Waals surface area contributed by atoms with Gasteiger partial charge in [0.15, 0.2) is 0 Å². The van der Waals surface area contributed by atoms with Gasteiger partial charge < -0.3 is 15.0 Å². The highest BCUT2D eigenvalue weighted by Crippen LogP contribution is 2.45. The maximum Gasteiger partial charge on any atom is 0.254 e. The molecule has 5 rings (SSSR count). The van der Waals surface area contributed by atoms with E-state index < -0.39 is 0 Å². The first-order valence-electron chi connectivity index (χ1n) is 10.7. The second kappa shape index (κ2) is 7.01. The van der Waals surface area contributed by atoms with Gasteiger partial charge in [0, 0.05) is 36.4 Å². The van der Waals surface area contributed by atoms with Crippen LogP contribution in [-0.4, -0.2) is 39.0 Å². The number of hydrogen-bond acceptors (Lipinski definition) is 4. The van der Waals surface area contributed by atoms with Crippen LogP contribution in [0.2, 0.25) is 0 Å². The predicted molar refractivity (Wildman–Crippen MR) is 109 cm³/mol. The lowest BCUT2D eigenvalue weighted by Crippen LogP contribution is -2.48. The minimum atomic E-state index is -0.153. The van der Waals surface area contributed by atoms with Crippen LogP contribution >= 0.6 is 0 Å². The second-order valence-electron chi connectivity index (χ2n) is 8.92. The van der Waals surface area contributed by atoms with Gasteiger partial charge in [0.25, 0.3) is 5.56 Å². The van der Waals surface area contributed by atoms with E-state index >= 15 is 0 Å². The van der Waals surface area contributed by atoms with Crippen LogP contribution in [0.15, 0.2) is 29.1 Å². The van der Waals surface area contributed by atoms with Crippen molar-refractivity contribution in [1.29, 1.82) is 0 Å². The number of benzene rings is 1. The number of aromatic hydroxyl groups is 1. The number of carbonyl (C=O) groups is 1. The van der Waals surface area contributed by atoms with Crippen molar-refractivity contribution in [3.63, 3.8) is 0 Å². The fourth-order valence-electron chi connectivity index (χ4n) is 5.03. The van der Waals surface area contributed by atoms with Crippen LogP contribution in [0.1, 0.15) is 67.1 Å². The van der Waals surface area contributed by atoms with Crippen LogP contribution in [0, 0.1) is 0 Å². The zero-order valence-corrected chi connectivity index (χ0v) is 16.6. The topological polar surface area (TPSA) is 86.3 Å². The SMILES string of the molecule is O=C(CCc1ccc(O)cc1)N1CCCC2(CCc3c2nc(C2CC2)[nH]c3=O)C1. The number of amides is 1. The van der Waals surface area contributed by atoms with Crippen molar-refractivity contribution >= 4 is 5.91 Å². The van der Waals surface area contributed by atoms with E-state index in [4.69, 9.17) is 4.98 Å². The number of phenolic OH excluding ortho intramolecular Hbond substituents is 1. The van der Waals surface area contributed by atoms with Crippen LogP contribution < -0.4 is 5.56 Å². The number of carbonyl (C=O) groups excluding carboxylic acids is 1. The Morgan fingerprint density at radius 1 is 1.24 bits per heavy atom. The minimum Gasteiger partial charge on any atom is -0.508 e. The molecule has 2 aromatic rings. The van der Waals surface area contributed by atoms with Crippen LogP contribution in [0.5, 0.6) is 5.75 Å². The Kier molecular flexibility index (Phi) is 4.45. The summed E-state index contributed by atoms with van der Waals surface area (Å²) in [7, 11) is 0. The molecule has 152 valence electrons. The van der Waals surface area contributed by atoms with E-state index in [1.54, 1.807) is 12.1 Å². The Morgan fingerprint density at radius 3 is 2.79 bits per heavy atom. The van der Waals surface area contributed by atoms with Gasteiger partial charge in [-0.1, -0.05) is 12.1 Å². The molecule has 1 unspecified atom stereocenters. The van der Waals surface area contributed by atoms with Crippen LogP contribution in [0.25, 0.3) is 0 Å². The van der Waals surface area contributed by atoms with Crippen molar-refractivity contribution in [1.82, 2.24) is 14.9 Å². The average molecular weight is 393 g/mol. The van der Waals surface area contributed by atoms with Gasteiger partial charge in [-0.05, 0) is 62.6 Å². The summed E-state index contributed by atoms with van der Waals surface area (Å²) in [6.07, 6.45) is 6.98. The van der Waals surface area contributed by atoms with E-state index in [2.05, 4.69) is 4.98 Å². The molecular weight excluding hydrogens is 366 g/mol. The molecule has 0 radical (unpaired) electrons. The number of likely N-dealkylation sites (tertiary alicyclic amines) is 1. The number of aryl methyl sites for hydroxylation is 1. The average Bonchev–Trinajstić information content (AvgIpc) is 3.52. The predicted octanol–water partition coefficient (Wildman–Crippen LogP) is 2.79. The van der Waals surface area contributed by atoms with Crippen LogP contribution in [0.3, 0.4) is 0 Å². The zero-order chi connectivity index (χ0) is 20.0. The Balaban J connectivity index is 1.33. The van der Waals surface area contributed by atoms with Crippen LogP contribution in [0.4, 0.5) is 0 Å². The molecule has 1 saturated heterocycles. The Morgan fingerprint density at radius 2 is 2.03 bits per heavy atom. The number of H-pyrrole nitrogens is 1. The third-order valence-corrected chi connectivity index (χ3v) is 6.85. The highest BCUT2D eigenvalue weighted by Gasteiger charge is 2.46. The monoisotopic (exact) mass is 393 g/mol. The molecular formula is C23H27N3O3. The van der Waals surface area contributed by atoms with Gasteiger partial charge in [0.2, 0.25) is 5.91 Å². The molecule has 1 aliphatic heterocycles. The van der Waals surface area contributed by atoms with E-state index in [-0.39, 0.29) is 22.6 Å². The molecule has 3 aliphatic rings. The summed E-state index contributed by atoms with van der Waals surface area (Å²) in [5, 5.41) is 9.41. The van der Waals surface area contributed by atoms with Gasteiger partial charge in [-0.2, -0.15) is 0 Å². The number of hydrogen-bond donors (Lipinski definition) is 2. The number of phenols is 1. The Hall–Kier alpha value is -2.63. The maximum absolute atomic E-state index is 12.9. The molecule has 2 aliphatic carbocycles. The van der Waals surface area contributed by atoms with Gasteiger partial charge in [-0.25, -0.2) is 4.98 Å². The molecule has 2 heterocycles. The summed E-state index contributed by atoms with van der Waals surface area (Å²) in [6, 6.07) is 7.05. The lowest BCUT2D eigenvalue weighted by atomic mass is 9.77. The quantitative estimate of drug-likeness (QED) is 0.836. The highest BCUT2D eigenvalue weighted by molar-refractivity contribution is 5.76. The number of rotatable bonds is 4. The van der Waals surface area contributed by atoms with Crippen molar-refractivity contribution in [3.05, 3.63) is 57.3 Å². The molecule has 1 spiro atoms. The normalized spacial score (nSPS) is 23.4. The second-order valence-corrected chi connectivity index (χ2v) is 8.92. The Labute approximate surface area is 170 Å². The van der Waals surface area contributed by atoms with E-state index in [1.165, 1.54) is 0 Å². The highest BCUT2D eigenvalue weighted by atomic mass is 16.3. The third kappa shape index (κ3) is 3.45. The van der Waals surface area contributed by atoms with Gasteiger partial charge in [-0.15, -0.1) is 0 Å². The van der Waals surface area contributed by atoms with Gasteiger partial charge in [-0.3, -0.25) is 9.59 Å². The summed E-state index contributed by atoms with van der Waals surface area (Å²) in [4.78, 5) is 35.4. The van der Waals surface area contributed by atoms with E-state index in [0.717, 1.165) is 67.7 Å². The molecule has 1 aromatic heterocycles. The fourth-order valence-corrected chi connectivity index (χ4v) is 5.03. The summed E-state index contributed by atoms with van der Waals surface area (Å²) in [6.45, 7) is 1.46. The molecule has 1 atom stereocenters. The van der Waals surface area contributed by atoms with Crippen LogP contribution in [-0.2, 0) is 23.1 Å². The fraction of sp³-hybridized carbons (Fsp3) is 0.522. The molecule has 0 bridgehead atoms. The first-order valence-corrected chi connectivity index (χ1v) is 10.7. The molecule has 6 nitrogen and oxygen atoms in total. The summed E-state index contributed by atoms with van der Waals surface area (Å²) >= 11 is 0. The lowest BCUT2D eigenvalue weighted by Gasteiger charge is -2.40. The van der Waals surface area contributed by atoms with Gasteiger partial charge in [0.1, 0.15) is 11.6 Å². The zero-order valence-electron chi connectivity index (χ0n) is 16.6. The first kappa shape index (κ1) is 18.4. The number of piperidine rings is 1. The summed E-state index contributed by atoms with van der Waals surface area (Å²) in [5.74, 6) is 1.67. The number of fused-ring (bicyclic) bond motifs is 2. The lowest BCUT2D eigenvalue weighted by molar-refractivity contribution is -0.133. The van der Waals surface area contributed by atoms with Crippen molar-refractivity contribution in [2.45, 2.75) is 62.7 Å². The molecule has 1 aromatic carbocycles. The number of aromatic nitrogens is 2. The number of nitrogens with zero attached hydrogens (tertiary/aromatic N) is 2. The smallest absolute Gasteiger partial charge is 0.254 e. The molecule has 2 fully saturated rings. The number of nitrogens with one attached hydrogen (secondary N) is 1. The summed E-state index contributed by atoms with van der Waals surface area (Å²) in [5.41, 5.74) is 2.74. The van der Waals surface area contributed by atoms with Crippen molar-refractivity contribution < 1.29 is 9.90 Å². The molecule has 2 N–H and O–H groups in total. The molecule has 1 amide bonds.